The van der Waals surface area contributed by atoms with Gasteiger partial charge in [0.05, 0.1) is 30.6 Å². The number of amides is 2. The zero-order chi connectivity index (χ0) is 26.5. The molecule has 3 aromatic carbocycles. The third kappa shape index (κ3) is 5.81. The van der Waals surface area contributed by atoms with Crippen LogP contribution in [0, 0.1) is 5.82 Å². The topological polar surface area (TPSA) is 111 Å². The van der Waals surface area contributed by atoms with Crippen molar-refractivity contribution >= 4 is 34.1 Å². The van der Waals surface area contributed by atoms with E-state index >= 15 is 0 Å². The second-order valence-corrected chi connectivity index (χ2v) is 8.39. The zero-order valence-electron chi connectivity index (χ0n) is 20.3. The molecule has 0 aliphatic carbocycles. The van der Waals surface area contributed by atoms with Crippen LogP contribution < -0.4 is 21.9 Å². The number of rotatable bonds is 8. The number of ether oxygens (including phenoxy) is 1. The first-order valence-corrected chi connectivity index (χ1v) is 11.5. The van der Waals surface area contributed by atoms with E-state index in [1.165, 1.54) is 36.8 Å². The van der Waals surface area contributed by atoms with Crippen molar-refractivity contribution in [3.05, 3.63) is 105 Å². The Morgan fingerprint density at radius 2 is 1.62 bits per heavy atom. The Morgan fingerprint density at radius 3 is 2.30 bits per heavy atom. The van der Waals surface area contributed by atoms with Crippen molar-refractivity contribution in [1.82, 2.24) is 9.13 Å². The smallest absolute Gasteiger partial charge is 0.331 e. The Kier molecular flexibility index (Phi) is 7.59. The second-order valence-electron chi connectivity index (χ2n) is 8.39. The maximum absolute atomic E-state index is 13.4. The molecule has 190 valence electrons. The fourth-order valence-electron chi connectivity index (χ4n) is 3.92. The average Bonchev–Trinajstić information content (AvgIpc) is 2.88. The van der Waals surface area contributed by atoms with Gasteiger partial charge in [-0.3, -0.25) is 18.7 Å². The molecule has 4 rings (SSSR count). The highest BCUT2D eigenvalue weighted by Crippen LogP contribution is 2.18. The van der Waals surface area contributed by atoms with Crippen LogP contribution in [0.2, 0.25) is 0 Å². The number of hydrogen-bond donors (Lipinski definition) is 2. The number of halogens is 1. The molecule has 0 bridgehead atoms. The van der Waals surface area contributed by atoms with Gasteiger partial charge in [-0.1, -0.05) is 24.3 Å². The Hall–Kier alpha value is -4.57. The Labute approximate surface area is 211 Å². The van der Waals surface area contributed by atoms with Crippen molar-refractivity contribution in [2.75, 3.05) is 24.4 Å². The predicted octanol–water partition coefficient (Wildman–Crippen LogP) is 3.84. The van der Waals surface area contributed by atoms with E-state index in [-0.39, 0.29) is 30.9 Å². The number of carbonyl (C=O) groups is 2. The second kappa shape index (κ2) is 11.0. The van der Waals surface area contributed by atoms with Crippen LogP contribution >= 0.6 is 0 Å². The number of Topliss-reactive ketones (excluding diaryl/α,β-unsaturated/α-hetero) is 1. The number of methoxy groups -OCH3 is 1. The molecule has 0 unspecified atom stereocenters. The summed E-state index contributed by atoms with van der Waals surface area (Å²) in [6.07, 6.45) is 0. The number of urea groups is 1. The summed E-state index contributed by atoms with van der Waals surface area (Å²) in [5.74, 6) is -0.525. The lowest BCUT2D eigenvalue weighted by Gasteiger charge is -2.15. The maximum Gasteiger partial charge on any atom is 0.331 e. The first kappa shape index (κ1) is 25.5. The third-order valence-corrected chi connectivity index (χ3v) is 5.78. The van der Waals surface area contributed by atoms with Gasteiger partial charge in [0.25, 0.3) is 5.56 Å². The van der Waals surface area contributed by atoms with Crippen molar-refractivity contribution in [1.29, 1.82) is 0 Å². The molecule has 0 radical (unpaired) electrons. The summed E-state index contributed by atoms with van der Waals surface area (Å²) < 4.78 is 20.9. The van der Waals surface area contributed by atoms with Crippen molar-refractivity contribution in [3.8, 4) is 0 Å². The van der Waals surface area contributed by atoms with E-state index in [2.05, 4.69) is 10.6 Å². The first-order valence-electron chi connectivity index (χ1n) is 11.5. The predicted molar refractivity (Wildman–Crippen MR) is 139 cm³/mol. The van der Waals surface area contributed by atoms with Crippen LogP contribution in [0.5, 0.6) is 0 Å². The van der Waals surface area contributed by atoms with Crippen LogP contribution in [0.15, 0.2) is 76.3 Å². The minimum Gasteiger partial charge on any atom is -0.383 e. The van der Waals surface area contributed by atoms with Gasteiger partial charge >= 0.3 is 11.7 Å². The van der Waals surface area contributed by atoms with Gasteiger partial charge in [0.2, 0.25) is 0 Å². The summed E-state index contributed by atoms with van der Waals surface area (Å²) in [7, 11) is 1.47. The van der Waals surface area contributed by atoms with Gasteiger partial charge in [0.1, 0.15) is 5.82 Å². The Morgan fingerprint density at radius 1 is 0.919 bits per heavy atom. The van der Waals surface area contributed by atoms with Crippen LogP contribution in [-0.4, -0.2) is 34.7 Å². The number of benzene rings is 3. The number of nitrogens with zero attached hydrogens (tertiary/aromatic N) is 2. The van der Waals surface area contributed by atoms with Crippen LogP contribution in [0.25, 0.3) is 10.9 Å². The van der Waals surface area contributed by atoms with E-state index < -0.39 is 23.1 Å². The number of carbonyl (C=O) groups excluding carboxylic acids is 2. The molecule has 4 aromatic rings. The van der Waals surface area contributed by atoms with Crippen LogP contribution in [0.4, 0.5) is 20.6 Å². The number of nitrogens with one attached hydrogen (secondary N) is 2. The van der Waals surface area contributed by atoms with Crippen LogP contribution in [0.1, 0.15) is 22.8 Å². The van der Waals surface area contributed by atoms with Gasteiger partial charge < -0.3 is 15.4 Å². The molecule has 2 N–H and O–H groups in total. The first-order chi connectivity index (χ1) is 17.8. The van der Waals surface area contributed by atoms with Gasteiger partial charge in [0.15, 0.2) is 5.78 Å². The van der Waals surface area contributed by atoms with Gasteiger partial charge in [0, 0.05) is 24.0 Å². The zero-order valence-corrected chi connectivity index (χ0v) is 20.3. The van der Waals surface area contributed by atoms with E-state index in [0.29, 0.717) is 28.0 Å². The molecule has 1 aromatic heterocycles. The molecule has 0 saturated heterocycles. The standard InChI is InChI=1S/C27H25FN4O5/c1-17(33)19-4-3-5-21(14-19)29-26(35)30-22-10-11-24-23(15-22)25(34)31(12-13-37-2)27(36)32(24)16-18-6-8-20(28)9-7-18/h3-11,14-15H,12-13,16H2,1-2H3,(H2,29,30,35). The van der Waals surface area contributed by atoms with Gasteiger partial charge in [-0.25, -0.2) is 14.0 Å². The fourth-order valence-corrected chi connectivity index (χ4v) is 3.92. The fraction of sp³-hybridized carbons (Fsp3) is 0.185. The monoisotopic (exact) mass is 504 g/mol. The Bertz CT molecular complexity index is 1590. The van der Waals surface area contributed by atoms with Gasteiger partial charge in [-0.15, -0.1) is 0 Å². The lowest BCUT2D eigenvalue weighted by atomic mass is 10.1. The highest BCUT2D eigenvalue weighted by Gasteiger charge is 2.15. The van der Waals surface area contributed by atoms with Crippen LogP contribution in [0.3, 0.4) is 0 Å². The van der Waals surface area contributed by atoms with Crippen LogP contribution in [-0.2, 0) is 17.8 Å². The van der Waals surface area contributed by atoms with Crippen molar-refractivity contribution in [2.24, 2.45) is 0 Å². The summed E-state index contributed by atoms with van der Waals surface area (Å²) >= 11 is 0. The normalized spacial score (nSPS) is 10.9. The molecule has 0 atom stereocenters. The molecule has 0 spiro atoms. The molecule has 0 saturated carbocycles. The summed E-state index contributed by atoms with van der Waals surface area (Å²) in [5, 5.41) is 5.55. The minimum atomic E-state index is -0.570. The number of anilines is 2. The summed E-state index contributed by atoms with van der Waals surface area (Å²) in [5.41, 5.74) is 1.22. The molecule has 0 aliphatic rings. The lowest BCUT2D eigenvalue weighted by molar-refractivity contribution is 0.101. The van der Waals surface area contributed by atoms with E-state index in [1.54, 1.807) is 48.5 Å². The lowest BCUT2D eigenvalue weighted by Crippen LogP contribution is -2.41. The molecular formula is C27H25FN4O5. The number of hydrogen-bond acceptors (Lipinski definition) is 5. The van der Waals surface area contributed by atoms with Gasteiger partial charge in [-0.05, 0) is 55.0 Å². The quantitative estimate of drug-likeness (QED) is 0.354. The summed E-state index contributed by atoms with van der Waals surface area (Å²) in [6.45, 7) is 1.74. The number of aromatic nitrogens is 2. The third-order valence-electron chi connectivity index (χ3n) is 5.78. The van der Waals surface area contributed by atoms with E-state index in [4.69, 9.17) is 4.74 Å². The molecular weight excluding hydrogens is 479 g/mol. The van der Waals surface area contributed by atoms with Crippen molar-refractivity contribution in [3.63, 3.8) is 0 Å². The number of fused-ring (bicyclic) bond motifs is 1. The highest BCUT2D eigenvalue weighted by molar-refractivity contribution is 6.02. The van der Waals surface area contributed by atoms with E-state index in [9.17, 15) is 23.6 Å². The SMILES string of the molecule is COCCn1c(=O)c2cc(NC(=O)Nc3cccc(C(C)=O)c3)ccc2n(Cc2ccc(F)cc2)c1=O. The molecule has 0 aliphatic heterocycles. The molecule has 0 fully saturated rings. The molecule has 10 heteroatoms. The molecule has 2 amide bonds. The van der Waals surface area contributed by atoms with E-state index in [0.717, 1.165) is 4.57 Å². The number of ketones is 1. The largest absolute Gasteiger partial charge is 0.383 e. The molecule has 37 heavy (non-hydrogen) atoms. The highest BCUT2D eigenvalue weighted by atomic mass is 19.1. The summed E-state index contributed by atoms with van der Waals surface area (Å²) in [4.78, 5) is 50.6. The maximum atomic E-state index is 13.4. The van der Waals surface area contributed by atoms with E-state index in [1.807, 2.05) is 0 Å². The average molecular weight is 505 g/mol. The molecule has 1 heterocycles. The summed E-state index contributed by atoms with van der Waals surface area (Å²) in [6, 6.07) is 16.3. The minimum absolute atomic E-state index is 0.0398. The van der Waals surface area contributed by atoms with Crippen molar-refractivity contribution in [2.45, 2.75) is 20.0 Å². The Balaban J connectivity index is 1.69. The van der Waals surface area contributed by atoms with Gasteiger partial charge in [-0.2, -0.15) is 0 Å². The molecule has 9 nitrogen and oxygen atoms in total. The van der Waals surface area contributed by atoms with Crippen molar-refractivity contribution < 1.29 is 18.7 Å².